The molecule has 1 N–H and O–H groups in total. The van der Waals surface area contributed by atoms with E-state index in [2.05, 4.69) is 72.9 Å². The van der Waals surface area contributed by atoms with Gasteiger partial charge in [-0.05, 0) is 42.5 Å². The number of hydrogen-bond acceptors (Lipinski definition) is 2. The van der Waals surface area contributed by atoms with Crippen LogP contribution < -0.4 is 5.32 Å². The zero-order valence-electron chi connectivity index (χ0n) is 12.4. The van der Waals surface area contributed by atoms with Gasteiger partial charge >= 0.3 is 0 Å². The van der Waals surface area contributed by atoms with Gasteiger partial charge in [-0.3, -0.25) is 0 Å². The first-order chi connectivity index (χ1) is 10.4. The van der Waals surface area contributed by atoms with Crippen LogP contribution in [0.15, 0.2) is 60.7 Å². The number of hydrogen-bond donors (Lipinski definition) is 1. The highest BCUT2D eigenvalue weighted by atomic mass is 32.1. The minimum Gasteiger partial charge on any atom is -0.310 e. The van der Waals surface area contributed by atoms with Crippen LogP contribution >= 0.6 is 11.3 Å². The third-order valence-electron chi connectivity index (χ3n) is 3.80. The van der Waals surface area contributed by atoms with Crippen molar-refractivity contribution in [3.8, 4) is 0 Å². The number of nitrogens with one attached hydrogen (secondary N) is 1. The van der Waals surface area contributed by atoms with Crippen LogP contribution in [-0.2, 0) is 6.42 Å². The predicted octanol–water partition coefficient (Wildman–Crippen LogP) is 5.18. The molecule has 3 aromatic rings. The first-order valence-electron chi connectivity index (χ1n) is 7.62. The molecule has 1 aromatic heterocycles. The standard InChI is InChI=1S/C19H21NS/c1-2-20-17(13-12-15-8-4-3-5-9-15)19-14-16-10-6-7-11-18(16)21-19/h3-11,14,17,20H,2,12-13H2,1H3. The Morgan fingerprint density at radius 2 is 1.76 bits per heavy atom. The Morgan fingerprint density at radius 3 is 2.52 bits per heavy atom. The van der Waals surface area contributed by atoms with Crippen LogP contribution in [-0.4, -0.2) is 6.54 Å². The molecule has 0 aliphatic carbocycles. The van der Waals surface area contributed by atoms with Crippen LogP contribution in [0.5, 0.6) is 0 Å². The first-order valence-corrected chi connectivity index (χ1v) is 8.44. The molecule has 0 saturated carbocycles. The maximum absolute atomic E-state index is 3.64. The van der Waals surface area contributed by atoms with E-state index in [9.17, 15) is 0 Å². The van der Waals surface area contributed by atoms with E-state index in [4.69, 9.17) is 0 Å². The lowest BCUT2D eigenvalue weighted by Crippen LogP contribution is -2.20. The van der Waals surface area contributed by atoms with Gasteiger partial charge in [-0.1, -0.05) is 55.5 Å². The minimum absolute atomic E-state index is 0.451. The van der Waals surface area contributed by atoms with Gasteiger partial charge < -0.3 is 5.32 Å². The third kappa shape index (κ3) is 3.52. The average Bonchev–Trinajstić information content (AvgIpc) is 2.96. The summed E-state index contributed by atoms with van der Waals surface area (Å²) in [4.78, 5) is 1.45. The van der Waals surface area contributed by atoms with Crippen molar-refractivity contribution in [3.05, 3.63) is 71.1 Å². The molecule has 3 rings (SSSR count). The SMILES string of the molecule is CCNC(CCc1ccccc1)c1cc2ccccc2s1. The van der Waals surface area contributed by atoms with Crippen LogP contribution in [0, 0.1) is 0 Å². The summed E-state index contributed by atoms with van der Waals surface area (Å²) in [6, 6.07) is 22.2. The van der Waals surface area contributed by atoms with E-state index < -0.39 is 0 Å². The molecule has 0 saturated heterocycles. The van der Waals surface area contributed by atoms with Gasteiger partial charge in [0.25, 0.3) is 0 Å². The quantitative estimate of drug-likeness (QED) is 0.660. The van der Waals surface area contributed by atoms with Crippen LogP contribution in [0.3, 0.4) is 0 Å². The summed E-state index contributed by atoms with van der Waals surface area (Å²) < 4.78 is 1.38. The minimum atomic E-state index is 0.451. The van der Waals surface area contributed by atoms with Crippen LogP contribution in [0.2, 0.25) is 0 Å². The van der Waals surface area contributed by atoms with Crippen molar-refractivity contribution in [2.45, 2.75) is 25.8 Å². The van der Waals surface area contributed by atoms with Gasteiger partial charge in [0.15, 0.2) is 0 Å². The van der Waals surface area contributed by atoms with E-state index in [1.54, 1.807) is 0 Å². The van der Waals surface area contributed by atoms with Crippen molar-refractivity contribution in [2.75, 3.05) is 6.54 Å². The summed E-state index contributed by atoms with van der Waals surface area (Å²) in [5.41, 5.74) is 1.42. The highest BCUT2D eigenvalue weighted by Crippen LogP contribution is 2.31. The fourth-order valence-corrected chi connectivity index (χ4v) is 3.90. The van der Waals surface area contributed by atoms with Crippen LogP contribution in [0.25, 0.3) is 10.1 Å². The largest absolute Gasteiger partial charge is 0.310 e. The predicted molar refractivity (Wildman–Crippen MR) is 93.0 cm³/mol. The molecule has 0 radical (unpaired) electrons. The Hall–Kier alpha value is -1.64. The molecule has 0 spiro atoms. The van der Waals surface area contributed by atoms with Crippen molar-refractivity contribution in [2.24, 2.45) is 0 Å². The Balaban J connectivity index is 1.77. The number of fused-ring (bicyclic) bond motifs is 1. The lowest BCUT2D eigenvalue weighted by molar-refractivity contribution is 0.523. The molecule has 0 fully saturated rings. The second kappa shape index (κ2) is 6.88. The topological polar surface area (TPSA) is 12.0 Å². The molecule has 1 heterocycles. The smallest absolute Gasteiger partial charge is 0.0418 e. The fraction of sp³-hybridized carbons (Fsp3) is 0.263. The molecule has 0 bridgehead atoms. The lowest BCUT2D eigenvalue weighted by atomic mass is 10.0. The third-order valence-corrected chi connectivity index (χ3v) is 5.03. The van der Waals surface area contributed by atoms with Crippen LogP contribution in [0.4, 0.5) is 0 Å². The second-order valence-corrected chi connectivity index (χ2v) is 6.44. The van der Waals surface area contributed by atoms with Gasteiger partial charge in [0.2, 0.25) is 0 Å². The molecule has 0 aliphatic heterocycles. The van der Waals surface area contributed by atoms with Gasteiger partial charge in [-0.15, -0.1) is 11.3 Å². The molecule has 0 amide bonds. The van der Waals surface area contributed by atoms with E-state index in [0.29, 0.717) is 6.04 Å². The van der Waals surface area contributed by atoms with Gasteiger partial charge in [-0.25, -0.2) is 0 Å². The zero-order chi connectivity index (χ0) is 14.5. The number of thiophene rings is 1. The molecule has 1 nitrogen and oxygen atoms in total. The molecular weight excluding hydrogens is 274 g/mol. The molecule has 21 heavy (non-hydrogen) atoms. The molecule has 0 aliphatic rings. The Morgan fingerprint density at radius 1 is 1.00 bits per heavy atom. The van der Waals surface area contributed by atoms with Gasteiger partial charge in [0.1, 0.15) is 0 Å². The van der Waals surface area contributed by atoms with Crippen molar-refractivity contribution < 1.29 is 0 Å². The van der Waals surface area contributed by atoms with E-state index in [1.807, 2.05) is 11.3 Å². The summed E-state index contributed by atoms with van der Waals surface area (Å²) in [6.07, 6.45) is 2.26. The summed E-state index contributed by atoms with van der Waals surface area (Å²) in [5.74, 6) is 0. The molecule has 2 heteroatoms. The van der Waals surface area contributed by atoms with Crippen molar-refractivity contribution >= 4 is 21.4 Å². The maximum atomic E-state index is 3.64. The van der Waals surface area contributed by atoms with E-state index >= 15 is 0 Å². The number of rotatable bonds is 6. The van der Waals surface area contributed by atoms with Crippen molar-refractivity contribution in [1.29, 1.82) is 0 Å². The van der Waals surface area contributed by atoms with Gasteiger partial charge in [0, 0.05) is 15.6 Å². The maximum Gasteiger partial charge on any atom is 0.0418 e. The monoisotopic (exact) mass is 295 g/mol. The highest BCUT2D eigenvalue weighted by molar-refractivity contribution is 7.19. The summed E-state index contributed by atoms with van der Waals surface area (Å²) >= 11 is 1.92. The fourth-order valence-electron chi connectivity index (χ4n) is 2.72. The van der Waals surface area contributed by atoms with Gasteiger partial charge in [-0.2, -0.15) is 0 Å². The summed E-state index contributed by atoms with van der Waals surface area (Å²) in [7, 11) is 0. The summed E-state index contributed by atoms with van der Waals surface area (Å²) in [6.45, 7) is 3.19. The molecule has 2 aromatic carbocycles. The highest BCUT2D eigenvalue weighted by Gasteiger charge is 2.13. The number of aryl methyl sites for hydroxylation is 1. The molecular formula is C19H21NS. The van der Waals surface area contributed by atoms with Crippen LogP contribution in [0.1, 0.15) is 29.8 Å². The second-order valence-electron chi connectivity index (χ2n) is 5.32. The normalized spacial score (nSPS) is 12.6. The molecule has 1 atom stereocenters. The lowest BCUT2D eigenvalue weighted by Gasteiger charge is -2.16. The average molecular weight is 295 g/mol. The number of benzene rings is 2. The Kier molecular flexibility index (Phi) is 4.69. The Bertz CT molecular complexity index is 654. The first kappa shape index (κ1) is 14.3. The van der Waals surface area contributed by atoms with Crippen molar-refractivity contribution in [1.82, 2.24) is 5.32 Å². The van der Waals surface area contributed by atoms with E-state index in [-0.39, 0.29) is 0 Å². The van der Waals surface area contributed by atoms with Crippen molar-refractivity contribution in [3.63, 3.8) is 0 Å². The zero-order valence-corrected chi connectivity index (χ0v) is 13.2. The van der Waals surface area contributed by atoms with E-state index in [1.165, 1.54) is 20.5 Å². The van der Waals surface area contributed by atoms with E-state index in [0.717, 1.165) is 19.4 Å². The molecule has 108 valence electrons. The van der Waals surface area contributed by atoms with Gasteiger partial charge in [0.05, 0.1) is 0 Å². The Labute approximate surface area is 130 Å². The molecule has 1 unspecified atom stereocenters. The summed E-state index contributed by atoms with van der Waals surface area (Å²) in [5, 5.41) is 5.00.